The van der Waals surface area contributed by atoms with Gasteiger partial charge in [-0.15, -0.1) is 0 Å². The van der Waals surface area contributed by atoms with E-state index in [1.54, 1.807) is 11.0 Å². The summed E-state index contributed by atoms with van der Waals surface area (Å²) in [4.78, 5) is 25.7. The van der Waals surface area contributed by atoms with Gasteiger partial charge < -0.3 is 14.4 Å². The highest BCUT2D eigenvalue weighted by molar-refractivity contribution is 9.10. The van der Waals surface area contributed by atoms with Crippen LogP contribution in [0.1, 0.15) is 43.0 Å². The molecule has 1 aliphatic heterocycles. The monoisotopic (exact) mass is 343 g/mol. The standard InChI is InChI=1S/C14H18BrNO4/c1-2-5-14(13(18)19)6-3-7-16(9-14)12(17)10-4-8-20-11(10)15/h4,8H,2-3,5-7,9H2,1H3,(H,18,19). The molecule has 1 amide bonds. The van der Waals surface area contributed by atoms with E-state index < -0.39 is 11.4 Å². The van der Waals surface area contributed by atoms with Crippen LogP contribution in [0.2, 0.25) is 0 Å². The van der Waals surface area contributed by atoms with Crippen LogP contribution in [-0.2, 0) is 4.79 Å². The summed E-state index contributed by atoms with van der Waals surface area (Å²) in [7, 11) is 0. The second kappa shape index (κ2) is 5.99. The van der Waals surface area contributed by atoms with Crippen molar-refractivity contribution in [3.63, 3.8) is 0 Å². The third-order valence-electron chi connectivity index (χ3n) is 3.89. The number of carbonyl (C=O) groups is 2. The maximum absolute atomic E-state index is 12.4. The van der Waals surface area contributed by atoms with Gasteiger partial charge in [0.1, 0.15) is 0 Å². The molecule has 1 aromatic rings. The first kappa shape index (κ1) is 15.1. The minimum Gasteiger partial charge on any atom is -0.481 e. The average Bonchev–Trinajstić information content (AvgIpc) is 2.84. The number of carboxylic acids is 1. The fourth-order valence-electron chi connectivity index (χ4n) is 2.89. The molecule has 6 heteroatoms. The Kier molecular flexibility index (Phi) is 4.52. The maximum Gasteiger partial charge on any atom is 0.311 e. The number of carbonyl (C=O) groups excluding carboxylic acids is 1. The molecule has 20 heavy (non-hydrogen) atoms. The van der Waals surface area contributed by atoms with E-state index in [4.69, 9.17) is 4.42 Å². The van der Waals surface area contributed by atoms with Crippen LogP contribution < -0.4 is 0 Å². The Balaban J connectivity index is 2.20. The van der Waals surface area contributed by atoms with Crippen molar-refractivity contribution in [2.45, 2.75) is 32.6 Å². The molecular formula is C14H18BrNO4. The lowest BCUT2D eigenvalue weighted by Gasteiger charge is -2.39. The van der Waals surface area contributed by atoms with Gasteiger partial charge in [-0.3, -0.25) is 9.59 Å². The second-order valence-corrected chi connectivity index (χ2v) is 5.99. The number of hydrogen-bond donors (Lipinski definition) is 1. The lowest BCUT2D eigenvalue weighted by Crippen LogP contribution is -2.49. The Morgan fingerprint density at radius 2 is 2.30 bits per heavy atom. The Hall–Kier alpha value is -1.30. The zero-order valence-electron chi connectivity index (χ0n) is 11.4. The van der Waals surface area contributed by atoms with Gasteiger partial charge in [-0.2, -0.15) is 0 Å². The molecule has 0 aliphatic carbocycles. The van der Waals surface area contributed by atoms with Gasteiger partial charge in [-0.1, -0.05) is 13.3 Å². The molecule has 1 atom stereocenters. The molecule has 0 bridgehead atoms. The molecule has 1 aromatic heterocycles. The van der Waals surface area contributed by atoms with Gasteiger partial charge in [0.2, 0.25) is 0 Å². The molecule has 5 nitrogen and oxygen atoms in total. The number of carboxylic acid groups (broad SMARTS) is 1. The summed E-state index contributed by atoms with van der Waals surface area (Å²) >= 11 is 3.19. The third kappa shape index (κ3) is 2.75. The largest absolute Gasteiger partial charge is 0.481 e. The number of likely N-dealkylation sites (tertiary alicyclic amines) is 1. The Morgan fingerprint density at radius 1 is 1.55 bits per heavy atom. The van der Waals surface area contributed by atoms with Crippen LogP contribution >= 0.6 is 15.9 Å². The fraction of sp³-hybridized carbons (Fsp3) is 0.571. The minimum atomic E-state index is -0.807. The third-order valence-corrected chi connectivity index (χ3v) is 4.51. The summed E-state index contributed by atoms with van der Waals surface area (Å²) in [6.07, 6.45) is 4.18. The van der Waals surface area contributed by atoms with Gasteiger partial charge in [0.15, 0.2) is 4.67 Å². The van der Waals surface area contributed by atoms with E-state index in [0.717, 1.165) is 6.42 Å². The molecule has 0 radical (unpaired) electrons. The Labute approximate surface area is 126 Å². The zero-order chi connectivity index (χ0) is 14.8. The SMILES string of the molecule is CCCC1(C(=O)O)CCCN(C(=O)c2ccoc2Br)C1. The summed E-state index contributed by atoms with van der Waals surface area (Å²) in [5.74, 6) is -0.977. The van der Waals surface area contributed by atoms with E-state index in [1.807, 2.05) is 6.92 Å². The molecule has 1 fully saturated rings. The number of amides is 1. The fourth-order valence-corrected chi connectivity index (χ4v) is 3.30. The molecule has 1 saturated heterocycles. The van der Waals surface area contributed by atoms with E-state index in [2.05, 4.69) is 15.9 Å². The highest BCUT2D eigenvalue weighted by Gasteiger charge is 2.43. The van der Waals surface area contributed by atoms with Crippen molar-refractivity contribution in [2.75, 3.05) is 13.1 Å². The number of piperidine rings is 1. The molecular weight excluding hydrogens is 326 g/mol. The number of furan rings is 1. The normalized spacial score (nSPS) is 22.8. The van der Waals surface area contributed by atoms with Crippen molar-refractivity contribution in [1.82, 2.24) is 4.90 Å². The van der Waals surface area contributed by atoms with Crippen LogP contribution in [0, 0.1) is 5.41 Å². The van der Waals surface area contributed by atoms with Crippen molar-refractivity contribution < 1.29 is 19.1 Å². The summed E-state index contributed by atoms with van der Waals surface area (Å²) in [5, 5.41) is 9.54. The highest BCUT2D eigenvalue weighted by atomic mass is 79.9. The summed E-state index contributed by atoms with van der Waals surface area (Å²) in [6.45, 7) is 2.83. The molecule has 0 saturated carbocycles. The van der Waals surface area contributed by atoms with Gasteiger partial charge in [-0.25, -0.2) is 0 Å². The maximum atomic E-state index is 12.4. The van der Waals surface area contributed by atoms with Crippen LogP contribution in [0.3, 0.4) is 0 Å². The van der Waals surface area contributed by atoms with Crippen LogP contribution in [0.15, 0.2) is 21.4 Å². The minimum absolute atomic E-state index is 0.174. The smallest absolute Gasteiger partial charge is 0.311 e. The summed E-state index contributed by atoms with van der Waals surface area (Å²) < 4.78 is 5.47. The predicted molar refractivity (Wildman–Crippen MR) is 76.5 cm³/mol. The lowest BCUT2D eigenvalue weighted by atomic mass is 9.76. The number of halogens is 1. The average molecular weight is 344 g/mol. The van der Waals surface area contributed by atoms with E-state index in [1.165, 1.54) is 6.26 Å². The number of nitrogens with zero attached hydrogens (tertiary/aromatic N) is 1. The predicted octanol–water partition coefficient (Wildman–Crippen LogP) is 3.15. The zero-order valence-corrected chi connectivity index (χ0v) is 13.0. The topological polar surface area (TPSA) is 70.8 Å². The van der Waals surface area contributed by atoms with Crippen LogP contribution in [-0.4, -0.2) is 35.0 Å². The van der Waals surface area contributed by atoms with Crippen molar-refractivity contribution >= 4 is 27.8 Å². The van der Waals surface area contributed by atoms with Crippen molar-refractivity contribution in [3.05, 3.63) is 22.6 Å². The number of rotatable bonds is 4. The molecule has 110 valence electrons. The molecule has 0 aromatic carbocycles. The highest BCUT2D eigenvalue weighted by Crippen LogP contribution is 2.36. The van der Waals surface area contributed by atoms with Gasteiger partial charge in [-0.05, 0) is 41.3 Å². The first-order valence-electron chi connectivity index (χ1n) is 6.76. The van der Waals surface area contributed by atoms with Gasteiger partial charge in [0.25, 0.3) is 5.91 Å². The van der Waals surface area contributed by atoms with Crippen molar-refractivity contribution in [1.29, 1.82) is 0 Å². The Bertz CT molecular complexity index is 509. The molecule has 2 heterocycles. The van der Waals surface area contributed by atoms with Gasteiger partial charge in [0.05, 0.1) is 17.2 Å². The number of aliphatic carboxylic acids is 1. The lowest BCUT2D eigenvalue weighted by molar-refractivity contribution is -0.152. The first-order chi connectivity index (χ1) is 9.50. The molecule has 2 rings (SSSR count). The van der Waals surface area contributed by atoms with Crippen LogP contribution in [0.25, 0.3) is 0 Å². The van der Waals surface area contributed by atoms with E-state index in [0.29, 0.717) is 36.0 Å². The van der Waals surface area contributed by atoms with Crippen LogP contribution in [0.4, 0.5) is 0 Å². The van der Waals surface area contributed by atoms with E-state index >= 15 is 0 Å². The molecule has 0 spiro atoms. The first-order valence-corrected chi connectivity index (χ1v) is 7.55. The van der Waals surface area contributed by atoms with Crippen molar-refractivity contribution in [3.8, 4) is 0 Å². The van der Waals surface area contributed by atoms with E-state index in [9.17, 15) is 14.7 Å². The molecule has 1 aliphatic rings. The molecule has 1 N–H and O–H groups in total. The van der Waals surface area contributed by atoms with Crippen LogP contribution in [0.5, 0.6) is 0 Å². The van der Waals surface area contributed by atoms with Crippen molar-refractivity contribution in [2.24, 2.45) is 5.41 Å². The van der Waals surface area contributed by atoms with E-state index in [-0.39, 0.29) is 12.5 Å². The van der Waals surface area contributed by atoms with Gasteiger partial charge in [0, 0.05) is 13.1 Å². The summed E-state index contributed by atoms with van der Waals surface area (Å²) in [5.41, 5.74) is -0.360. The summed E-state index contributed by atoms with van der Waals surface area (Å²) in [6, 6.07) is 1.60. The quantitative estimate of drug-likeness (QED) is 0.911. The van der Waals surface area contributed by atoms with Gasteiger partial charge >= 0.3 is 5.97 Å². The number of hydrogen-bond acceptors (Lipinski definition) is 3. The Morgan fingerprint density at radius 3 is 2.85 bits per heavy atom. The molecule has 1 unspecified atom stereocenters. The second-order valence-electron chi connectivity index (χ2n) is 5.27.